The van der Waals surface area contributed by atoms with Crippen LogP contribution in [0.25, 0.3) is 0 Å². The number of benzene rings is 1. The molecule has 23 heavy (non-hydrogen) atoms. The molecule has 0 saturated heterocycles. The molecule has 0 heterocycles. The topological polar surface area (TPSA) is 89.1 Å². The van der Waals surface area contributed by atoms with Gasteiger partial charge in [0.1, 0.15) is 10.4 Å². The second-order valence-corrected chi connectivity index (χ2v) is 6.39. The second kappa shape index (κ2) is 9.76. The van der Waals surface area contributed by atoms with Crippen molar-refractivity contribution in [3.8, 4) is 0 Å². The predicted octanol–water partition coefficient (Wildman–Crippen LogP) is 3.21. The van der Waals surface area contributed by atoms with Crippen molar-refractivity contribution in [3.05, 3.63) is 44.9 Å². The van der Waals surface area contributed by atoms with E-state index in [1.54, 1.807) is 13.0 Å². The summed E-state index contributed by atoms with van der Waals surface area (Å²) in [4.78, 5) is 12.9. The van der Waals surface area contributed by atoms with E-state index < -0.39 is 0 Å². The Balaban J connectivity index is 3.22. The van der Waals surface area contributed by atoms with Gasteiger partial charge in [0.2, 0.25) is 0 Å². The monoisotopic (exact) mass is 493 g/mol. The van der Waals surface area contributed by atoms with E-state index in [0.717, 1.165) is 5.57 Å². The number of rotatable bonds is 5. The molecule has 0 atom stereocenters. The average molecular weight is 494 g/mol. The van der Waals surface area contributed by atoms with Crippen LogP contribution in [-0.2, 0) is 0 Å². The molecule has 5 nitrogen and oxygen atoms in total. The molecule has 0 spiro atoms. The van der Waals surface area contributed by atoms with Crippen LogP contribution in [0.4, 0.5) is 4.39 Å². The Morgan fingerprint density at radius 1 is 1.39 bits per heavy atom. The third-order valence-corrected chi connectivity index (χ3v) is 4.27. The Labute approximate surface area is 157 Å². The van der Waals surface area contributed by atoms with Gasteiger partial charge in [0.25, 0.3) is 0 Å². The van der Waals surface area contributed by atoms with Crippen molar-refractivity contribution in [1.29, 1.82) is 0 Å². The molecule has 4 N–H and O–H groups in total. The minimum Gasteiger partial charge on any atom is -0.404 e. The van der Waals surface area contributed by atoms with Crippen LogP contribution in [0.1, 0.15) is 19.4 Å². The summed E-state index contributed by atoms with van der Waals surface area (Å²) in [5.41, 5.74) is 12.7. The van der Waals surface area contributed by atoms with E-state index in [1.807, 2.05) is 29.5 Å². The standard InChI is InChI=1S/C15H18BrFIN5/c1-3-21-14(16)10(7-19)8-22-15(23-9(2)20)12-5-4-11(17)6-13(12)18/h4-7H,3,8,19H2,1-2H3,(H2,20,22,23). The Morgan fingerprint density at radius 3 is 2.61 bits per heavy atom. The molecule has 124 valence electrons. The average Bonchev–Trinajstić information content (AvgIpc) is 2.46. The van der Waals surface area contributed by atoms with Gasteiger partial charge in [-0.2, -0.15) is 0 Å². The van der Waals surface area contributed by atoms with Crippen molar-refractivity contribution in [1.82, 2.24) is 0 Å². The first-order chi connectivity index (χ1) is 10.9. The lowest BCUT2D eigenvalue weighted by Crippen LogP contribution is -2.13. The molecule has 0 fully saturated rings. The van der Waals surface area contributed by atoms with E-state index in [9.17, 15) is 4.39 Å². The van der Waals surface area contributed by atoms with Crippen LogP contribution in [-0.4, -0.2) is 29.4 Å². The lowest BCUT2D eigenvalue weighted by Gasteiger charge is -2.07. The SMILES string of the molecule is CCN=C(Br)C(=CN)CN=C(N=C(C)N)c1ccc(F)cc1I. The summed E-state index contributed by atoms with van der Waals surface area (Å²) < 4.78 is 14.6. The number of aliphatic imine (C=N–C) groups is 3. The van der Waals surface area contributed by atoms with Gasteiger partial charge < -0.3 is 11.5 Å². The number of nitrogens with two attached hydrogens (primary N) is 2. The summed E-state index contributed by atoms with van der Waals surface area (Å²) in [7, 11) is 0. The van der Waals surface area contributed by atoms with Crippen molar-refractivity contribution in [3.63, 3.8) is 0 Å². The molecule has 8 heteroatoms. The molecule has 1 aromatic rings. The molecule has 0 aliphatic rings. The Bertz CT molecular complexity index is 678. The third kappa shape index (κ3) is 6.38. The van der Waals surface area contributed by atoms with Gasteiger partial charge >= 0.3 is 0 Å². The van der Waals surface area contributed by atoms with Crippen molar-refractivity contribution < 1.29 is 4.39 Å². The summed E-state index contributed by atoms with van der Waals surface area (Å²) in [5.74, 6) is 0.473. The summed E-state index contributed by atoms with van der Waals surface area (Å²) in [6.45, 7) is 4.50. The minimum atomic E-state index is -0.314. The van der Waals surface area contributed by atoms with E-state index in [2.05, 4.69) is 30.9 Å². The van der Waals surface area contributed by atoms with Gasteiger partial charge in [0.15, 0.2) is 5.84 Å². The predicted molar refractivity (Wildman–Crippen MR) is 107 cm³/mol. The summed E-state index contributed by atoms with van der Waals surface area (Å²) in [6, 6.07) is 4.41. The van der Waals surface area contributed by atoms with Crippen molar-refractivity contribution in [2.45, 2.75) is 13.8 Å². The first kappa shape index (κ1) is 19.8. The Kier molecular flexibility index (Phi) is 8.38. The highest BCUT2D eigenvalue weighted by Gasteiger charge is 2.10. The van der Waals surface area contributed by atoms with E-state index in [-0.39, 0.29) is 12.4 Å². The van der Waals surface area contributed by atoms with Crippen LogP contribution in [0, 0.1) is 9.39 Å². The molecule has 0 bridgehead atoms. The van der Waals surface area contributed by atoms with Crippen LogP contribution in [0.5, 0.6) is 0 Å². The van der Waals surface area contributed by atoms with Gasteiger partial charge in [-0.3, -0.25) is 9.98 Å². The summed E-state index contributed by atoms with van der Waals surface area (Å²) in [6.07, 6.45) is 1.44. The lowest BCUT2D eigenvalue weighted by molar-refractivity contribution is 0.626. The van der Waals surface area contributed by atoms with Crippen LogP contribution >= 0.6 is 38.5 Å². The van der Waals surface area contributed by atoms with Gasteiger partial charge in [0, 0.05) is 27.5 Å². The molecule has 0 aromatic heterocycles. The van der Waals surface area contributed by atoms with E-state index in [4.69, 9.17) is 11.5 Å². The largest absolute Gasteiger partial charge is 0.404 e. The molecule has 0 radical (unpaired) electrons. The van der Waals surface area contributed by atoms with Gasteiger partial charge in [-0.15, -0.1) is 0 Å². The molecule has 0 amide bonds. The molecule has 0 aliphatic heterocycles. The highest BCUT2D eigenvalue weighted by molar-refractivity contribution is 14.1. The Hall–Kier alpha value is -1.29. The molecule has 0 aliphatic carbocycles. The fraction of sp³-hybridized carbons (Fsp3) is 0.267. The molecule has 0 unspecified atom stereocenters. The number of nitrogens with zero attached hydrogens (tertiary/aromatic N) is 3. The van der Waals surface area contributed by atoms with Crippen molar-refractivity contribution >= 4 is 54.8 Å². The van der Waals surface area contributed by atoms with Gasteiger partial charge in [0.05, 0.1) is 12.4 Å². The minimum absolute atomic E-state index is 0.278. The smallest absolute Gasteiger partial charge is 0.158 e. The van der Waals surface area contributed by atoms with Gasteiger partial charge in [-0.25, -0.2) is 9.38 Å². The summed E-state index contributed by atoms with van der Waals surface area (Å²) >= 11 is 5.40. The maximum atomic E-state index is 13.3. The molecular formula is C15H18BrFIN5. The zero-order valence-corrected chi connectivity index (χ0v) is 16.6. The molecular weight excluding hydrogens is 476 g/mol. The molecule has 1 rings (SSSR count). The quantitative estimate of drug-likeness (QED) is 0.374. The highest BCUT2D eigenvalue weighted by Crippen LogP contribution is 2.16. The lowest BCUT2D eigenvalue weighted by atomic mass is 10.2. The maximum absolute atomic E-state index is 13.3. The van der Waals surface area contributed by atoms with Crippen LogP contribution in [0.3, 0.4) is 0 Å². The van der Waals surface area contributed by atoms with Crippen LogP contribution < -0.4 is 11.5 Å². The zero-order chi connectivity index (χ0) is 17.4. The maximum Gasteiger partial charge on any atom is 0.158 e. The fourth-order valence-corrected chi connectivity index (χ4v) is 2.83. The van der Waals surface area contributed by atoms with Gasteiger partial charge in [-0.05, 0) is 70.6 Å². The van der Waals surface area contributed by atoms with Crippen molar-refractivity contribution in [2.75, 3.05) is 13.1 Å². The first-order valence-electron chi connectivity index (χ1n) is 6.80. The Morgan fingerprint density at radius 2 is 2.09 bits per heavy atom. The molecule has 1 aromatic carbocycles. The highest BCUT2D eigenvalue weighted by atomic mass is 127. The zero-order valence-electron chi connectivity index (χ0n) is 12.9. The number of amidine groups is 2. The first-order valence-corrected chi connectivity index (χ1v) is 8.67. The number of hydrogen-bond acceptors (Lipinski definition) is 3. The number of hydrogen-bond donors (Lipinski definition) is 2. The van der Waals surface area contributed by atoms with Crippen LogP contribution in [0.2, 0.25) is 0 Å². The second-order valence-electron chi connectivity index (χ2n) is 4.47. The van der Waals surface area contributed by atoms with E-state index in [0.29, 0.717) is 32.0 Å². The van der Waals surface area contributed by atoms with Crippen LogP contribution in [0.15, 0.2) is 44.9 Å². The normalized spacial score (nSPS) is 14.3. The van der Waals surface area contributed by atoms with E-state index in [1.165, 1.54) is 18.3 Å². The van der Waals surface area contributed by atoms with Crippen molar-refractivity contribution in [2.24, 2.45) is 26.4 Å². The number of halogens is 3. The fourth-order valence-electron chi connectivity index (χ4n) is 1.61. The molecule has 0 saturated carbocycles. The third-order valence-electron chi connectivity index (χ3n) is 2.62. The van der Waals surface area contributed by atoms with Gasteiger partial charge in [-0.1, -0.05) is 0 Å². The summed E-state index contributed by atoms with van der Waals surface area (Å²) in [5, 5.41) is 0. The van der Waals surface area contributed by atoms with E-state index >= 15 is 0 Å².